The van der Waals surface area contributed by atoms with Crippen LogP contribution in [-0.2, 0) is 32.3 Å². The standard InChI is InChI=1S/C34H35F3N2O5/c1-20(40)44-33-15-14-25(38(2)28(41)13-8-21-6-10-24(11-7-21)34(35,36)37)31-32(33)16-17-39(19-22-4-5-22)27(33)18-23-9-12-26(42-3)30(43-31)29(23)32/h6-7,9-12,22,25,27,31H,4-5,14-19H2,1-3H3/t25-,27+,31-,32-,33+/m0/s1. The van der Waals surface area contributed by atoms with Crippen molar-refractivity contribution in [3.63, 3.8) is 0 Å². The molecule has 0 unspecified atom stereocenters. The zero-order valence-corrected chi connectivity index (χ0v) is 25.0. The summed E-state index contributed by atoms with van der Waals surface area (Å²) in [7, 11) is 3.30. The molecule has 2 aromatic carbocycles. The molecular formula is C34H35F3N2O5. The van der Waals surface area contributed by atoms with Gasteiger partial charge in [-0.3, -0.25) is 14.5 Å². The molecule has 1 spiro atoms. The van der Waals surface area contributed by atoms with Crippen molar-refractivity contribution in [2.75, 3.05) is 27.2 Å². The number of methoxy groups -OCH3 is 1. The first-order valence-corrected chi connectivity index (χ1v) is 15.2. The number of ether oxygens (including phenoxy) is 3. The smallest absolute Gasteiger partial charge is 0.416 e. The van der Waals surface area contributed by atoms with Crippen molar-refractivity contribution in [3.05, 3.63) is 58.7 Å². The molecule has 5 atom stereocenters. The first-order chi connectivity index (χ1) is 21.0. The Morgan fingerprint density at radius 2 is 1.86 bits per heavy atom. The second-order valence-corrected chi connectivity index (χ2v) is 12.9. The first-order valence-electron chi connectivity index (χ1n) is 15.2. The van der Waals surface area contributed by atoms with Crippen LogP contribution in [0.3, 0.4) is 0 Å². The average molecular weight is 609 g/mol. The molecule has 2 saturated carbocycles. The van der Waals surface area contributed by atoms with Gasteiger partial charge in [0, 0.05) is 37.6 Å². The van der Waals surface area contributed by atoms with Gasteiger partial charge in [0.25, 0.3) is 5.91 Å². The minimum absolute atomic E-state index is 0.0138. The minimum Gasteiger partial charge on any atom is -0.493 e. The Morgan fingerprint density at radius 1 is 1.11 bits per heavy atom. The molecule has 2 heterocycles. The normalized spacial score (nSPS) is 29.9. The summed E-state index contributed by atoms with van der Waals surface area (Å²) in [6.07, 6.45) is 0.0266. The third-order valence-corrected chi connectivity index (χ3v) is 10.6. The number of benzene rings is 2. The Morgan fingerprint density at radius 3 is 2.52 bits per heavy atom. The third kappa shape index (κ3) is 4.30. The van der Waals surface area contributed by atoms with Crippen LogP contribution < -0.4 is 9.47 Å². The van der Waals surface area contributed by atoms with Crippen LogP contribution in [0.4, 0.5) is 13.2 Å². The predicted molar refractivity (Wildman–Crippen MR) is 154 cm³/mol. The summed E-state index contributed by atoms with van der Waals surface area (Å²) >= 11 is 0. The Labute approximate surface area is 254 Å². The van der Waals surface area contributed by atoms with E-state index in [1.165, 1.54) is 31.9 Å². The van der Waals surface area contributed by atoms with Gasteiger partial charge in [-0.1, -0.05) is 12.0 Å². The Kier molecular flexibility index (Phi) is 6.70. The second kappa shape index (κ2) is 10.2. The molecule has 2 aromatic rings. The van der Waals surface area contributed by atoms with E-state index in [0.717, 1.165) is 42.8 Å². The zero-order valence-electron chi connectivity index (χ0n) is 25.0. The largest absolute Gasteiger partial charge is 0.493 e. The Hall–Kier alpha value is -3.71. The summed E-state index contributed by atoms with van der Waals surface area (Å²) in [5.41, 5.74) is 0.228. The molecule has 10 heteroatoms. The molecule has 2 aliphatic heterocycles. The number of piperidine rings is 1. The van der Waals surface area contributed by atoms with Gasteiger partial charge in [0.05, 0.1) is 30.2 Å². The molecule has 3 aliphatic carbocycles. The van der Waals surface area contributed by atoms with Crippen LogP contribution in [0.15, 0.2) is 36.4 Å². The number of hydrogen-bond acceptors (Lipinski definition) is 6. The highest BCUT2D eigenvalue weighted by molar-refractivity contribution is 5.94. The maximum Gasteiger partial charge on any atom is 0.416 e. The monoisotopic (exact) mass is 608 g/mol. The quantitative estimate of drug-likeness (QED) is 0.362. The SMILES string of the molecule is COc1ccc2c3c1O[C@H]1[C@@H](N(C)C(=O)C#Cc4ccc(C(F)(F)F)cc4)CC[C@@]4(OC(C)=O)[C@@H](C2)N(CC2CC2)CC[C@]314. The van der Waals surface area contributed by atoms with Crippen LogP contribution in [0, 0.1) is 17.8 Å². The van der Waals surface area contributed by atoms with Crippen molar-refractivity contribution >= 4 is 11.9 Å². The second-order valence-electron chi connectivity index (χ2n) is 12.9. The molecule has 0 N–H and O–H groups in total. The molecule has 44 heavy (non-hydrogen) atoms. The van der Waals surface area contributed by atoms with Crippen molar-refractivity contribution in [3.8, 4) is 23.3 Å². The van der Waals surface area contributed by atoms with Crippen LogP contribution in [-0.4, -0.2) is 72.7 Å². The number of likely N-dealkylation sites (N-methyl/N-ethyl adjacent to an activating group) is 1. The number of amides is 1. The van der Waals surface area contributed by atoms with E-state index in [4.69, 9.17) is 14.2 Å². The van der Waals surface area contributed by atoms with Gasteiger partial charge in [-0.25, -0.2) is 0 Å². The van der Waals surface area contributed by atoms with E-state index < -0.39 is 34.8 Å². The third-order valence-electron chi connectivity index (χ3n) is 10.6. The molecular weight excluding hydrogens is 573 g/mol. The highest BCUT2D eigenvalue weighted by Crippen LogP contribution is 2.67. The zero-order chi connectivity index (χ0) is 31.0. The van der Waals surface area contributed by atoms with Gasteiger partial charge in [-0.15, -0.1) is 0 Å². The molecule has 1 amide bonds. The highest BCUT2D eigenvalue weighted by atomic mass is 19.4. The molecule has 5 aliphatic rings. The van der Waals surface area contributed by atoms with E-state index in [-0.39, 0.29) is 18.1 Å². The van der Waals surface area contributed by atoms with Gasteiger partial charge in [-0.05, 0) is 86.9 Å². The van der Waals surface area contributed by atoms with Crippen LogP contribution in [0.1, 0.15) is 61.3 Å². The van der Waals surface area contributed by atoms with Gasteiger partial charge >= 0.3 is 12.1 Å². The number of alkyl halides is 3. The summed E-state index contributed by atoms with van der Waals surface area (Å²) in [6, 6.07) is 8.07. The summed E-state index contributed by atoms with van der Waals surface area (Å²) in [5, 5.41) is 0. The maximum atomic E-state index is 13.5. The maximum absolute atomic E-state index is 13.5. The Balaban J connectivity index is 1.26. The fourth-order valence-corrected chi connectivity index (χ4v) is 8.54. The summed E-state index contributed by atoms with van der Waals surface area (Å²) in [5.74, 6) is 6.50. The number of nitrogens with zero attached hydrogens (tertiary/aromatic N) is 2. The molecule has 7 nitrogen and oxygen atoms in total. The van der Waals surface area contributed by atoms with Gasteiger partial charge in [0.2, 0.25) is 0 Å². The fourth-order valence-electron chi connectivity index (χ4n) is 8.54. The van der Waals surface area contributed by atoms with Gasteiger partial charge in [0.1, 0.15) is 11.7 Å². The lowest BCUT2D eigenvalue weighted by Gasteiger charge is -2.65. The number of esters is 1. The van der Waals surface area contributed by atoms with E-state index in [2.05, 4.69) is 22.8 Å². The lowest BCUT2D eigenvalue weighted by molar-refractivity contribution is -0.223. The van der Waals surface area contributed by atoms with Crippen molar-refractivity contribution in [1.29, 1.82) is 0 Å². The van der Waals surface area contributed by atoms with Crippen molar-refractivity contribution in [1.82, 2.24) is 9.80 Å². The number of carbonyl (C=O) groups is 2. The van der Waals surface area contributed by atoms with Crippen LogP contribution in [0.5, 0.6) is 11.5 Å². The lowest BCUT2D eigenvalue weighted by atomic mass is 9.48. The van der Waals surface area contributed by atoms with Crippen molar-refractivity contribution < 1.29 is 37.0 Å². The average Bonchev–Trinajstić information content (AvgIpc) is 3.73. The van der Waals surface area contributed by atoms with E-state index >= 15 is 0 Å². The van der Waals surface area contributed by atoms with Gasteiger partial charge < -0.3 is 19.1 Å². The van der Waals surface area contributed by atoms with Crippen molar-refractivity contribution in [2.45, 2.75) is 80.8 Å². The summed E-state index contributed by atoms with van der Waals surface area (Å²) in [6.45, 7) is 3.28. The van der Waals surface area contributed by atoms with Crippen LogP contribution in [0.2, 0.25) is 0 Å². The molecule has 1 saturated heterocycles. The molecule has 7 rings (SSSR count). The number of carbonyl (C=O) groups excluding carboxylic acids is 2. The molecule has 2 bridgehead atoms. The fraction of sp³-hybridized carbons (Fsp3) is 0.529. The number of hydrogen-bond donors (Lipinski definition) is 0. The molecule has 3 fully saturated rings. The molecule has 0 aromatic heterocycles. The van der Waals surface area contributed by atoms with Crippen molar-refractivity contribution in [2.24, 2.45) is 5.92 Å². The topological polar surface area (TPSA) is 68.3 Å². The minimum atomic E-state index is -4.45. The molecule has 232 valence electrons. The summed E-state index contributed by atoms with van der Waals surface area (Å²) < 4.78 is 58.0. The highest BCUT2D eigenvalue weighted by Gasteiger charge is 2.75. The van der Waals surface area contributed by atoms with Gasteiger partial charge in [-0.2, -0.15) is 13.2 Å². The number of likely N-dealkylation sites (tertiary alicyclic amines) is 1. The lowest BCUT2D eigenvalue weighted by Crippen LogP contribution is -2.79. The number of rotatable bonds is 5. The Bertz CT molecular complexity index is 1580. The van der Waals surface area contributed by atoms with E-state index in [9.17, 15) is 22.8 Å². The van der Waals surface area contributed by atoms with Crippen LogP contribution >= 0.6 is 0 Å². The summed E-state index contributed by atoms with van der Waals surface area (Å²) in [4.78, 5) is 30.5. The molecule has 0 radical (unpaired) electrons. The van der Waals surface area contributed by atoms with E-state index in [0.29, 0.717) is 42.2 Å². The van der Waals surface area contributed by atoms with Crippen LogP contribution in [0.25, 0.3) is 0 Å². The first kappa shape index (κ1) is 29.0. The van der Waals surface area contributed by atoms with Gasteiger partial charge in [0.15, 0.2) is 11.5 Å². The number of halogens is 3. The van der Waals surface area contributed by atoms with E-state index in [1.807, 2.05) is 6.07 Å². The predicted octanol–water partition coefficient (Wildman–Crippen LogP) is 4.73. The van der Waals surface area contributed by atoms with E-state index in [1.54, 1.807) is 19.1 Å².